The first-order valence-electron chi connectivity index (χ1n) is 6.00. The highest BCUT2D eigenvalue weighted by Gasteiger charge is 2.09. The lowest BCUT2D eigenvalue weighted by molar-refractivity contribution is -0.131. The maximum Gasteiger partial charge on any atom is 0.328 e. The quantitative estimate of drug-likeness (QED) is 0.433. The Bertz CT molecular complexity index is 556. The summed E-state index contributed by atoms with van der Waals surface area (Å²) in [6.07, 6.45) is 5.02. The third kappa shape index (κ3) is 6.30. The Morgan fingerprint density at radius 3 is 2.86 bits per heavy atom. The fourth-order valence-corrected chi connectivity index (χ4v) is 1.41. The van der Waals surface area contributed by atoms with Crippen molar-refractivity contribution in [2.45, 2.75) is 0 Å². The van der Waals surface area contributed by atoms with Crippen LogP contribution in [0.25, 0.3) is 6.08 Å². The van der Waals surface area contributed by atoms with Gasteiger partial charge in [0.2, 0.25) is 5.91 Å². The number of aliphatic carboxylic acids is 1. The van der Waals surface area contributed by atoms with Gasteiger partial charge in [-0.1, -0.05) is 0 Å². The van der Waals surface area contributed by atoms with Crippen LogP contribution in [0.3, 0.4) is 0 Å². The van der Waals surface area contributed by atoms with Gasteiger partial charge >= 0.3 is 5.97 Å². The maximum absolute atomic E-state index is 11.9. The molecular weight excluding hydrogens is 278 g/mol. The summed E-state index contributed by atoms with van der Waals surface area (Å²) in [7, 11) is 0. The zero-order chi connectivity index (χ0) is 15.7. The number of hydrogen-bond donors (Lipinski definition) is 3. The second-order valence-corrected chi connectivity index (χ2v) is 3.91. The fraction of sp³-hybridized carbons (Fsp3) is 0.231. The molecule has 0 fully saturated rings. The summed E-state index contributed by atoms with van der Waals surface area (Å²) in [5, 5.41) is 11.2. The number of nitrogens with two attached hydrogens (primary N) is 1. The minimum atomic E-state index is -1.12. The van der Waals surface area contributed by atoms with Crippen molar-refractivity contribution in [1.29, 1.82) is 0 Å². The van der Waals surface area contributed by atoms with Gasteiger partial charge in [0.25, 0.3) is 5.91 Å². The van der Waals surface area contributed by atoms with Gasteiger partial charge in [0.05, 0.1) is 6.61 Å². The molecule has 1 aromatic rings. The van der Waals surface area contributed by atoms with Crippen molar-refractivity contribution in [3.8, 4) is 0 Å². The van der Waals surface area contributed by atoms with Crippen LogP contribution in [0.5, 0.6) is 0 Å². The third-order valence-corrected chi connectivity index (χ3v) is 2.28. The minimum Gasteiger partial charge on any atom is -0.478 e. The molecule has 21 heavy (non-hydrogen) atoms. The van der Waals surface area contributed by atoms with E-state index in [0.717, 1.165) is 6.08 Å². The number of carboxylic acids is 1. The average Bonchev–Trinajstić information content (AvgIpc) is 2.44. The smallest absolute Gasteiger partial charge is 0.328 e. The Morgan fingerprint density at radius 1 is 1.43 bits per heavy atom. The molecule has 0 aliphatic rings. The average molecular weight is 293 g/mol. The number of rotatable bonds is 8. The molecule has 0 aromatic carbocycles. The number of pyridine rings is 1. The molecule has 0 bridgehead atoms. The normalized spacial score (nSPS) is 10.5. The number of carbonyl (C=O) groups excluding carboxylic acids is 2. The molecule has 1 heterocycles. The van der Waals surface area contributed by atoms with E-state index in [1.807, 2.05) is 0 Å². The molecule has 8 nitrogen and oxygen atoms in total. The first kappa shape index (κ1) is 16.3. The second-order valence-electron chi connectivity index (χ2n) is 3.91. The first-order chi connectivity index (χ1) is 10.0. The Kier molecular flexibility index (Phi) is 6.55. The molecule has 8 heteroatoms. The van der Waals surface area contributed by atoms with Crippen LogP contribution < -0.4 is 11.1 Å². The number of carbonyl (C=O) groups is 3. The van der Waals surface area contributed by atoms with Crippen LogP contribution in [0.2, 0.25) is 0 Å². The molecule has 0 unspecified atom stereocenters. The molecule has 1 rings (SSSR count). The van der Waals surface area contributed by atoms with Crippen LogP contribution in [0, 0.1) is 0 Å². The van der Waals surface area contributed by atoms with E-state index in [-0.39, 0.29) is 25.3 Å². The zero-order valence-corrected chi connectivity index (χ0v) is 11.1. The number of carboxylic acid groups (broad SMARTS) is 1. The van der Waals surface area contributed by atoms with Crippen LogP contribution in [-0.4, -0.2) is 47.6 Å². The number of hydrogen-bond acceptors (Lipinski definition) is 5. The van der Waals surface area contributed by atoms with Crippen LogP contribution in [-0.2, 0) is 14.3 Å². The zero-order valence-electron chi connectivity index (χ0n) is 11.1. The highest BCUT2D eigenvalue weighted by Crippen LogP contribution is 2.08. The molecular formula is C13H15N3O5. The van der Waals surface area contributed by atoms with Crippen molar-refractivity contribution in [3.05, 3.63) is 35.7 Å². The van der Waals surface area contributed by atoms with Gasteiger partial charge in [-0.15, -0.1) is 0 Å². The highest BCUT2D eigenvalue weighted by atomic mass is 16.5. The molecule has 0 spiro atoms. The summed E-state index contributed by atoms with van der Waals surface area (Å²) in [6.45, 7) is 0.119. The van der Waals surface area contributed by atoms with Gasteiger partial charge in [0.1, 0.15) is 6.61 Å². The van der Waals surface area contributed by atoms with Gasteiger partial charge in [-0.25, -0.2) is 4.79 Å². The van der Waals surface area contributed by atoms with Gasteiger partial charge in [-0.2, -0.15) is 0 Å². The van der Waals surface area contributed by atoms with E-state index >= 15 is 0 Å². The van der Waals surface area contributed by atoms with Crippen LogP contribution in [0.15, 0.2) is 24.5 Å². The Hall–Kier alpha value is -2.74. The van der Waals surface area contributed by atoms with E-state index < -0.39 is 17.8 Å². The van der Waals surface area contributed by atoms with Crippen LogP contribution in [0.1, 0.15) is 15.9 Å². The lowest BCUT2D eigenvalue weighted by atomic mass is 10.1. The van der Waals surface area contributed by atoms with Crippen LogP contribution in [0.4, 0.5) is 0 Å². The van der Waals surface area contributed by atoms with E-state index in [2.05, 4.69) is 10.3 Å². The Morgan fingerprint density at radius 2 is 2.19 bits per heavy atom. The molecule has 112 valence electrons. The number of nitrogens with one attached hydrogen (secondary N) is 1. The van der Waals surface area contributed by atoms with E-state index in [0.29, 0.717) is 5.56 Å². The molecule has 0 radical (unpaired) electrons. The molecule has 0 saturated heterocycles. The molecule has 0 atom stereocenters. The van der Waals surface area contributed by atoms with Gasteiger partial charge < -0.3 is 20.9 Å². The summed E-state index contributed by atoms with van der Waals surface area (Å²) in [6, 6.07) is 1.47. The van der Waals surface area contributed by atoms with E-state index in [1.54, 1.807) is 0 Å². The van der Waals surface area contributed by atoms with Crippen molar-refractivity contribution in [3.63, 3.8) is 0 Å². The molecule has 0 aliphatic carbocycles. The summed E-state index contributed by atoms with van der Waals surface area (Å²) in [4.78, 5) is 36.7. The number of amides is 2. The van der Waals surface area contributed by atoms with Gasteiger partial charge in [-0.05, 0) is 12.1 Å². The predicted molar refractivity (Wildman–Crippen MR) is 73.3 cm³/mol. The van der Waals surface area contributed by atoms with Crippen LogP contribution >= 0.6 is 0 Å². The van der Waals surface area contributed by atoms with E-state index in [4.69, 9.17) is 15.6 Å². The van der Waals surface area contributed by atoms with Crippen molar-refractivity contribution in [1.82, 2.24) is 10.3 Å². The molecule has 4 N–H and O–H groups in total. The minimum absolute atomic E-state index is 0.139. The number of primary amides is 1. The molecule has 1 aromatic heterocycles. The van der Waals surface area contributed by atoms with Crippen molar-refractivity contribution >= 4 is 23.9 Å². The molecule has 2 amide bonds. The Balaban J connectivity index is 2.57. The lowest BCUT2D eigenvalue weighted by Crippen LogP contribution is -2.29. The molecule has 0 aliphatic heterocycles. The van der Waals surface area contributed by atoms with Gasteiger partial charge in [0, 0.05) is 36.1 Å². The number of aromatic nitrogens is 1. The summed E-state index contributed by atoms with van der Waals surface area (Å²) in [5.74, 6) is -2.10. The van der Waals surface area contributed by atoms with Crippen molar-refractivity contribution in [2.24, 2.45) is 5.73 Å². The second kappa shape index (κ2) is 8.43. The third-order valence-electron chi connectivity index (χ3n) is 2.28. The summed E-state index contributed by atoms with van der Waals surface area (Å²) in [5.41, 5.74) is 5.56. The standard InChI is InChI=1S/C13H15N3O5/c14-11(17)8-21-6-5-16-13(20)10-3-4-15-7-9(10)1-2-12(18)19/h1-4,7H,5-6,8H2,(H2,14,17)(H,16,20)(H,18,19)/b2-1+. The van der Waals surface area contributed by atoms with Gasteiger partial charge in [-0.3, -0.25) is 14.6 Å². The van der Waals surface area contributed by atoms with E-state index in [1.165, 1.54) is 24.5 Å². The SMILES string of the molecule is NC(=O)COCCNC(=O)c1ccncc1/C=C/C(=O)O. The maximum atomic E-state index is 11.9. The predicted octanol–water partition coefficient (Wildman–Crippen LogP) is -0.589. The van der Waals surface area contributed by atoms with Crippen molar-refractivity contribution < 1.29 is 24.2 Å². The van der Waals surface area contributed by atoms with E-state index in [9.17, 15) is 14.4 Å². The topological polar surface area (TPSA) is 132 Å². The summed E-state index contributed by atoms with van der Waals surface area (Å²) < 4.78 is 4.90. The summed E-state index contributed by atoms with van der Waals surface area (Å²) >= 11 is 0. The highest BCUT2D eigenvalue weighted by molar-refractivity contribution is 5.98. The number of ether oxygens (including phenoxy) is 1. The van der Waals surface area contributed by atoms with Gasteiger partial charge in [0.15, 0.2) is 0 Å². The first-order valence-corrected chi connectivity index (χ1v) is 6.00. The Labute approximate surface area is 120 Å². The lowest BCUT2D eigenvalue weighted by Gasteiger charge is -2.07. The fourth-order valence-electron chi connectivity index (χ4n) is 1.41. The monoisotopic (exact) mass is 293 g/mol. The van der Waals surface area contributed by atoms with Crippen molar-refractivity contribution in [2.75, 3.05) is 19.8 Å². The molecule has 0 saturated carbocycles. The largest absolute Gasteiger partial charge is 0.478 e. The number of nitrogens with zero attached hydrogens (tertiary/aromatic N) is 1.